The van der Waals surface area contributed by atoms with Crippen molar-refractivity contribution in [2.75, 3.05) is 19.6 Å². The molecular formula is C15H19ClN4. The van der Waals surface area contributed by atoms with Gasteiger partial charge < -0.3 is 9.47 Å². The maximum atomic E-state index is 5.96. The van der Waals surface area contributed by atoms with Gasteiger partial charge in [0.05, 0.1) is 0 Å². The van der Waals surface area contributed by atoms with E-state index in [4.69, 9.17) is 11.6 Å². The van der Waals surface area contributed by atoms with Gasteiger partial charge in [0.2, 0.25) is 0 Å². The quantitative estimate of drug-likeness (QED) is 0.868. The summed E-state index contributed by atoms with van der Waals surface area (Å²) in [6.45, 7) is 4.33. The van der Waals surface area contributed by atoms with Crippen molar-refractivity contribution in [3.63, 3.8) is 0 Å². The van der Waals surface area contributed by atoms with Gasteiger partial charge in [-0.05, 0) is 43.0 Å². The predicted molar refractivity (Wildman–Crippen MR) is 79.9 cm³/mol. The molecule has 1 aromatic carbocycles. The molecule has 0 N–H and O–H groups in total. The number of hydrogen-bond donors (Lipinski definition) is 0. The van der Waals surface area contributed by atoms with Gasteiger partial charge in [0.15, 0.2) is 0 Å². The Morgan fingerprint density at radius 3 is 2.60 bits per heavy atom. The van der Waals surface area contributed by atoms with Gasteiger partial charge in [-0.2, -0.15) is 0 Å². The summed E-state index contributed by atoms with van der Waals surface area (Å²) >= 11 is 5.96. The van der Waals surface area contributed by atoms with Crippen molar-refractivity contribution in [1.82, 2.24) is 19.7 Å². The molecule has 0 aliphatic carbocycles. The fourth-order valence-electron chi connectivity index (χ4n) is 2.86. The second-order valence-corrected chi connectivity index (χ2v) is 5.83. The lowest BCUT2D eigenvalue weighted by Gasteiger charge is -2.33. The molecule has 1 aliphatic heterocycles. The van der Waals surface area contributed by atoms with E-state index in [0.717, 1.165) is 24.7 Å². The van der Waals surface area contributed by atoms with Crippen LogP contribution in [-0.4, -0.2) is 39.3 Å². The molecule has 1 fully saturated rings. The molecule has 1 unspecified atom stereocenters. The third-order valence-electron chi connectivity index (χ3n) is 3.99. The Bertz CT molecular complexity index is 523. The number of hydrogen-bond acceptors (Lipinski definition) is 3. The number of piperidine rings is 1. The monoisotopic (exact) mass is 290 g/mol. The molecule has 0 saturated carbocycles. The largest absolute Gasteiger partial charge is 0.319 e. The highest BCUT2D eigenvalue weighted by Crippen LogP contribution is 2.27. The molecule has 1 atom stereocenters. The highest BCUT2D eigenvalue weighted by atomic mass is 35.5. The van der Waals surface area contributed by atoms with Crippen molar-refractivity contribution in [2.45, 2.75) is 25.3 Å². The first-order chi connectivity index (χ1) is 9.81. The van der Waals surface area contributed by atoms with E-state index in [-0.39, 0.29) is 0 Å². The topological polar surface area (TPSA) is 34.0 Å². The second kappa shape index (κ2) is 6.37. The van der Waals surface area contributed by atoms with E-state index in [0.29, 0.717) is 5.92 Å². The van der Waals surface area contributed by atoms with Gasteiger partial charge in [0, 0.05) is 24.7 Å². The molecule has 1 saturated heterocycles. The summed E-state index contributed by atoms with van der Waals surface area (Å²) in [5, 5.41) is 8.49. The van der Waals surface area contributed by atoms with Crippen molar-refractivity contribution in [3.8, 4) is 0 Å². The van der Waals surface area contributed by atoms with Crippen LogP contribution in [0.4, 0.5) is 0 Å². The molecule has 20 heavy (non-hydrogen) atoms. The highest BCUT2D eigenvalue weighted by molar-refractivity contribution is 6.30. The lowest BCUT2D eigenvalue weighted by Crippen LogP contribution is -2.36. The first kappa shape index (κ1) is 13.6. The smallest absolute Gasteiger partial charge is 0.119 e. The highest BCUT2D eigenvalue weighted by Gasteiger charge is 2.20. The molecule has 2 aromatic rings. The molecule has 1 aliphatic rings. The average molecular weight is 291 g/mol. The maximum Gasteiger partial charge on any atom is 0.119 e. The van der Waals surface area contributed by atoms with Gasteiger partial charge in [-0.25, -0.2) is 0 Å². The minimum Gasteiger partial charge on any atom is -0.319 e. The molecule has 2 heterocycles. The Balaban J connectivity index is 1.57. The molecule has 1 aromatic heterocycles. The van der Waals surface area contributed by atoms with Crippen molar-refractivity contribution in [2.24, 2.45) is 0 Å². The van der Waals surface area contributed by atoms with E-state index in [1.165, 1.54) is 24.9 Å². The van der Waals surface area contributed by atoms with Gasteiger partial charge in [-0.15, -0.1) is 10.2 Å². The molecular weight excluding hydrogens is 272 g/mol. The Morgan fingerprint density at radius 2 is 1.85 bits per heavy atom. The van der Waals surface area contributed by atoms with Crippen molar-refractivity contribution < 1.29 is 0 Å². The van der Waals surface area contributed by atoms with E-state index < -0.39 is 0 Å². The molecule has 0 bridgehead atoms. The zero-order chi connectivity index (χ0) is 13.8. The minimum absolute atomic E-state index is 0.627. The Kier molecular flexibility index (Phi) is 4.33. The number of rotatable bonds is 4. The summed E-state index contributed by atoms with van der Waals surface area (Å²) in [5.41, 5.74) is 1.41. The maximum absolute atomic E-state index is 5.96. The second-order valence-electron chi connectivity index (χ2n) is 5.39. The van der Waals surface area contributed by atoms with Crippen LogP contribution >= 0.6 is 11.6 Å². The third kappa shape index (κ3) is 3.38. The zero-order valence-electron chi connectivity index (χ0n) is 11.5. The predicted octanol–water partition coefficient (Wildman–Crippen LogP) is 2.81. The van der Waals surface area contributed by atoms with Crippen LogP contribution in [0.15, 0.2) is 36.9 Å². The van der Waals surface area contributed by atoms with E-state index in [9.17, 15) is 0 Å². The Hall–Kier alpha value is -1.39. The average Bonchev–Trinajstić information content (AvgIpc) is 3.00. The molecule has 3 rings (SSSR count). The van der Waals surface area contributed by atoms with E-state index in [1.54, 1.807) is 12.7 Å². The first-order valence-electron chi connectivity index (χ1n) is 7.11. The number of benzene rings is 1. The van der Waals surface area contributed by atoms with Crippen LogP contribution in [0.25, 0.3) is 0 Å². The minimum atomic E-state index is 0.627. The fourth-order valence-corrected chi connectivity index (χ4v) is 2.99. The van der Waals surface area contributed by atoms with Crippen LogP contribution in [-0.2, 0) is 6.54 Å². The first-order valence-corrected chi connectivity index (χ1v) is 7.49. The number of likely N-dealkylation sites (tertiary alicyclic amines) is 1. The fraction of sp³-hybridized carbons (Fsp3) is 0.467. The van der Waals surface area contributed by atoms with Crippen molar-refractivity contribution in [3.05, 3.63) is 47.5 Å². The standard InChI is InChI=1S/C15H19ClN4/c16-15-5-3-13(4-6-15)14-2-1-7-19(10-14)8-9-20-11-17-18-12-20/h3-6,11-12,14H,1-2,7-10H2. The van der Waals surface area contributed by atoms with Gasteiger partial charge >= 0.3 is 0 Å². The summed E-state index contributed by atoms with van der Waals surface area (Å²) in [7, 11) is 0. The summed E-state index contributed by atoms with van der Waals surface area (Å²) in [6, 6.07) is 8.31. The Labute approximate surface area is 124 Å². The van der Waals surface area contributed by atoms with Crippen LogP contribution in [0.3, 0.4) is 0 Å². The van der Waals surface area contributed by atoms with Crippen LogP contribution in [0, 0.1) is 0 Å². The molecule has 0 radical (unpaired) electrons. The summed E-state index contributed by atoms with van der Waals surface area (Å²) in [5.74, 6) is 0.627. The van der Waals surface area contributed by atoms with Gasteiger partial charge in [0.25, 0.3) is 0 Å². The van der Waals surface area contributed by atoms with Gasteiger partial charge in [-0.1, -0.05) is 23.7 Å². The number of nitrogens with zero attached hydrogens (tertiary/aromatic N) is 4. The molecule has 0 spiro atoms. The summed E-state index contributed by atoms with van der Waals surface area (Å²) in [4.78, 5) is 2.53. The zero-order valence-corrected chi connectivity index (χ0v) is 12.2. The van der Waals surface area contributed by atoms with E-state index in [2.05, 4.69) is 27.2 Å². The van der Waals surface area contributed by atoms with Crippen molar-refractivity contribution in [1.29, 1.82) is 0 Å². The number of halogens is 1. The van der Waals surface area contributed by atoms with Crippen LogP contribution in [0.1, 0.15) is 24.3 Å². The van der Waals surface area contributed by atoms with Crippen LogP contribution in [0.5, 0.6) is 0 Å². The van der Waals surface area contributed by atoms with Crippen LogP contribution in [0.2, 0.25) is 5.02 Å². The SMILES string of the molecule is Clc1ccc(C2CCCN(CCn3cnnc3)C2)cc1. The van der Waals surface area contributed by atoms with Gasteiger partial charge in [0.1, 0.15) is 12.7 Å². The third-order valence-corrected chi connectivity index (χ3v) is 4.24. The van der Waals surface area contributed by atoms with Gasteiger partial charge in [-0.3, -0.25) is 0 Å². The Morgan fingerprint density at radius 1 is 1.10 bits per heavy atom. The van der Waals surface area contributed by atoms with E-state index >= 15 is 0 Å². The molecule has 4 nitrogen and oxygen atoms in total. The lowest BCUT2D eigenvalue weighted by atomic mass is 9.91. The van der Waals surface area contributed by atoms with E-state index in [1.807, 2.05) is 16.7 Å². The van der Waals surface area contributed by atoms with Crippen molar-refractivity contribution >= 4 is 11.6 Å². The normalized spacial score (nSPS) is 20.1. The van der Waals surface area contributed by atoms with Crippen LogP contribution < -0.4 is 0 Å². The summed E-state index contributed by atoms with van der Waals surface area (Å²) < 4.78 is 2.03. The summed E-state index contributed by atoms with van der Waals surface area (Å²) in [6.07, 6.45) is 6.08. The molecule has 5 heteroatoms. The number of aromatic nitrogens is 3. The molecule has 106 valence electrons. The molecule has 0 amide bonds. The lowest BCUT2D eigenvalue weighted by molar-refractivity contribution is 0.201.